The van der Waals surface area contributed by atoms with Crippen molar-refractivity contribution in [1.29, 1.82) is 0 Å². The molecule has 1 atom stereocenters. The minimum absolute atomic E-state index is 0.0344. The number of carbonyl (C=O) groups excluding carboxylic acids is 1. The van der Waals surface area contributed by atoms with Crippen LogP contribution in [0.4, 0.5) is 5.69 Å². The average molecular weight is 470 g/mol. The van der Waals surface area contributed by atoms with Gasteiger partial charge in [0.25, 0.3) is 5.91 Å². The number of aliphatic imine (C=N–C) groups is 1. The van der Waals surface area contributed by atoms with Crippen molar-refractivity contribution in [2.75, 3.05) is 25.1 Å². The highest BCUT2D eigenvalue weighted by Gasteiger charge is 2.21. The Balaban J connectivity index is 1.67. The molecule has 10 heteroatoms. The van der Waals surface area contributed by atoms with Crippen molar-refractivity contribution >= 4 is 23.5 Å². The summed E-state index contributed by atoms with van der Waals surface area (Å²) in [6.07, 6.45) is 1.28. The maximum atomic E-state index is 12.5. The zero-order chi connectivity index (χ0) is 24.7. The molecule has 1 fully saturated rings. The molecule has 0 radical (unpaired) electrons. The van der Waals surface area contributed by atoms with Gasteiger partial charge in [0, 0.05) is 36.4 Å². The van der Waals surface area contributed by atoms with Gasteiger partial charge in [-0.15, -0.1) is 0 Å². The molecular formula is C24H31N5O5. The first-order chi connectivity index (χ1) is 16.3. The molecule has 0 aliphatic carbocycles. The lowest BCUT2D eigenvalue weighted by atomic mass is 10.0. The number of rotatable bonds is 8. The van der Waals surface area contributed by atoms with Gasteiger partial charge >= 0.3 is 5.97 Å². The van der Waals surface area contributed by atoms with E-state index in [0.29, 0.717) is 36.3 Å². The summed E-state index contributed by atoms with van der Waals surface area (Å²) in [6.45, 7) is 1.76. The standard InChI is InChI=1S/C24H31N5O5/c1-34-21-4-2-3-20(29-11-9-17(30)10-12-29)18(21)14-27-24(26)28-22(31)16-7-5-15(6-8-16)13-19(25)23(32)33/h2-8,17,19,30H,9-14,25H2,1H3,(H,32,33)(H3,26,27,28,31)/t19-/m0/s1. The largest absolute Gasteiger partial charge is 0.496 e. The number of anilines is 1. The lowest BCUT2D eigenvalue weighted by Gasteiger charge is -2.33. The summed E-state index contributed by atoms with van der Waals surface area (Å²) in [6, 6.07) is 11.2. The van der Waals surface area contributed by atoms with E-state index in [1.807, 2.05) is 18.2 Å². The number of hydrogen-bond acceptors (Lipinski definition) is 6. The average Bonchev–Trinajstić information content (AvgIpc) is 2.83. The number of carboxylic acids is 1. The quantitative estimate of drug-likeness (QED) is 0.278. The van der Waals surface area contributed by atoms with Crippen LogP contribution < -0.4 is 26.4 Å². The number of amides is 1. The number of aliphatic hydroxyl groups excluding tert-OH is 1. The smallest absolute Gasteiger partial charge is 0.320 e. The van der Waals surface area contributed by atoms with Gasteiger partial charge in [-0.3, -0.25) is 9.59 Å². The van der Waals surface area contributed by atoms with E-state index in [1.54, 1.807) is 31.4 Å². The van der Waals surface area contributed by atoms with Crippen LogP contribution in [-0.2, 0) is 17.8 Å². The van der Waals surface area contributed by atoms with Gasteiger partial charge in [-0.2, -0.15) is 4.99 Å². The number of nitrogens with one attached hydrogen (secondary N) is 1. The molecule has 1 amide bonds. The number of nitrogens with two attached hydrogens (primary N) is 2. The van der Waals surface area contributed by atoms with Crippen LogP contribution in [0, 0.1) is 0 Å². The first-order valence-corrected chi connectivity index (χ1v) is 11.1. The molecule has 1 aliphatic rings. The third-order valence-corrected chi connectivity index (χ3v) is 5.78. The van der Waals surface area contributed by atoms with E-state index in [1.165, 1.54) is 0 Å². The van der Waals surface area contributed by atoms with Gasteiger partial charge in [0.2, 0.25) is 0 Å². The predicted octanol–water partition coefficient (Wildman–Crippen LogP) is 0.855. The van der Waals surface area contributed by atoms with Crippen LogP contribution >= 0.6 is 0 Å². The number of piperidine rings is 1. The SMILES string of the molecule is COc1cccc(N2CCC(O)CC2)c1CN/C(N)=N/C(=O)c1ccc(C[C@H](N)C(=O)O)cc1. The topological polar surface area (TPSA) is 164 Å². The predicted molar refractivity (Wildman–Crippen MR) is 129 cm³/mol. The van der Waals surface area contributed by atoms with Gasteiger partial charge in [0.05, 0.1) is 13.2 Å². The van der Waals surface area contributed by atoms with Crippen LogP contribution in [0.25, 0.3) is 0 Å². The van der Waals surface area contributed by atoms with Crippen LogP contribution in [0.3, 0.4) is 0 Å². The van der Waals surface area contributed by atoms with E-state index < -0.39 is 17.9 Å². The summed E-state index contributed by atoms with van der Waals surface area (Å²) in [5, 5.41) is 21.7. The van der Waals surface area contributed by atoms with Crippen LogP contribution in [0.15, 0.2) is 47.5 Å². The Morgan fingerprint density at radius 1 is 1.21 bits per heavy atom. The Bertz CT molecular complexity index is 1030. The Morgan fingerprint density at radius 2 is 1.88 bits per heavy atom. The molecule has 7 N–H and O–H groups in total. The van der Waals surface area contributed by atoms with Gasteiger partial charge in [-0.05, 0) is 49.1 Å². The summed E-state index contributed by atoms with van der Waals surface area (Å²) in [7, 11) is 1.59. The summed E-state index contributed by atoms with van der Waals surface area (Å²) in [4.78, 5) is 29.5. The maximum Gasteiger partial charge on any atom is 0.320 e. The molecule has 0 unspecified atom stereocenters. The number of methoxy groups -OCH3 is 1. The zero-order valence-corrected chi connectivity index (χ0v) is 19.1. The van der Waals surface area contributed by atoms with E-state index in [2.05, 4.69) is 15.2 Å². The van der Waals surface area contributed by atoms with Crippen LogP contribution in [0.1, 0.15) is 34.3 Å². The number of guanidine groups is 1. The molecular weight excluding hydrogens is 438 g/mol. The Kier molecular flexibility index (Phi) is 8.44. The highest BCUT2D eigenvalue weighted by atomic mass is 16.5. The monoisotopic (exact) mass is 469 g/mol. The molecule has 2 aromatic carbocycles. The third-order valence-electron chi connectivity index (χ3n) is 5.78. The number of carboxylic acid groups (broad SMARTS) is 1. The number of benzene rings is 2. The highest BCUT2D eigenvalue weighted by Crippen LogP contribution is 2.31. The van der Waals surface area contributed by atoms with Crippen molar-refractivity contribution in [1.82, 2.24) is 5.32 Å². The van der Waals surface area contributed by atoms with E-state index in [-0.39, 0.29) is 18.5 Å². The fraction of sp³-hybridized carbons (Fsp3) is 0.375. The molecule has 3 rings (SSSR count). The minimum atomic E-state index is -1.08. The van der Waals surface area contributed by atoms with Crippen molar-refractivity contribution in [2.45, 2.75) is 38.0 Å². The summed E-state index contributed by atoms with van der Waals surface area (Å²) in [5.74, 6) is -0.956. The van der Waals surface area contributed by atoms with E-state index in [9.17, 15) is 14.7 Å². The molecule has 0 spiro atoms. The second-order valence-corrected chi connectivity index (χ2v) is 8.18. The third kappa shape index (κ3) is 6.46. The normalized spacial score (nSPS) is 15.6. The van der Waals surface area contributed by atoms with Crippen molar-refractivity contribution in [3.05, 3.63) is 59.2 Å². The first kappa shape index (κ1) is 25.0. The molecule has 1 heterocycles. The summed E-state index contributed by atoms with van der Waals surface area (Å²) in [5.41, 5.74) is 14.4. The van der Waals surface area contributed by atoms with E-state index >= 15 is 0 Å². The molecule has 182 valence electrons. The number of nitrogens with zero attached hydrogens (tertiary/aromatic N) is 2. The second-order valence-electron chi connectivity index (χ2n) is 8.18. The number of aliphatic carboxylic acids is 1. The fourth-order valence-corrected chi connectivity index (χ4v) is 3.84. The lowest BCUT2D eigenvalue weighted by Crippen LogP contribution is -2.37. The van der Waals surface area contributed by atoms with Crippen molar-refractivity contribution in [3.8, 4) is 5.75 Å². The zero-order valence-electron chi connectivity index (χ0n) is 19.1. The van der Waals surface area contributed by atoms with Crippen molar-refractivity contribution < 1.29 is 24.5 Å². The van der Waals surface area contributed by atoms with Gasteiger partial charge in [0.15, 0.2) is 5.96 Å². The highest BCUT2D eigenvalue weighted by molar-refractivity contribution is 6.02. The van der Waals surface area contributed by atoms with Crippen molar-refractivity contribution in [2.24, 2.45) is 16.5 Å². The number of aliphatic hydroxyl groups is 1. The van der Waals surface area contributed by atoms with Gasteiger partial charge in [-0.25, -0.2) is 0 Å². The Hall–Kier alpha value is -3.63. The number of ether oxygens (including phenoxy) is 1. The number of hydrogen-bond donors (Lipinski definition) is 5. The lowest BCUT2D eigenvalue weighted by molar-refractivity contribution is -0.138. The molecule has 34 heavy (non-hydrogen) atoms. The van der Waals surface area contributed by atoms with Crippen LogP contribution in [0.5, 0.6) is 5.75 Å². The fourth-order valence-electron chi connectivity index (χ4n) is 3.84. The first-order valence-electron chi connectivity index (χ1n) is 11.1. The molecule has 0 saturated carbocycles. The molecule has 0 bridgehead atoms. The molecule has 1 saturated heterocycles. The summed E-state index contributed by atoms with van der Waals surface area (Å²) >= 11 is 0. The van der Waals surface area contributed by atoms with Crippen LogP contribution in [-0.4, -0.2) is 60.4 Å². The minimum Gasteiger partial charge on any atom is -0.496 e. The summed E-state index contributed by atoms with van der Waals surface area (Å²) < 4.78 is 5.52. The molecule has 0 aromatic heterocycles. The van der Waals surface area contributed by atoms with Gasteiger partial charge < -0.3 is 36.6 Å². The maximum absolute atomic E-state index is 12.5. The Morgan fingerprint density at radius 3 is 2.50 bits per heavy atom. The second kappa shape index (κ2) is 11.5. The van der Waals surface area contributed by atoms with E-state index in [4.69, 9.17) is 21.3 Å². The molecule has 10 nitrogen and oxygen atoms in total. The van der Waals surface area contributed by atoms with Crippen LogP contribution in [0.2, 0.25) is 0 Å². The van der Waals surface area contributed by atoms with E-state index in [0.717, 1.165) is 24.3 Å². The van der Waals surface area contributed by atoms with Crippen molar-refractivity contribution in [3.63, 3.8) is 0 Å². The van der Waals surface area contributed by atoms with Gasteiger partial charge in [-0.1, -0.05) is 18.2 Å². The molecule has 1 aliphatic heterocycles. The Labute approximate surface area is 198 Å². The van der Waals surface area contributed by atoms with Gasteiger partial charge in [0.1, 0.15) is 11.8 Å². The molecule has 2 aromatic rings. The number of carbonyl (C=O) groups is 2.